The van der Waals surface area contributed by atoms with E-state index < -0.39 is 15.9 Å². The fraction of sp³-hybridized carbons (Fsp3) is 0.0417. The van der Waals surface area contributed by atoms with E-state index in [4.69, 9.17) is 10.00 Å². The third kappa shape index (κ3) is 5.23. The van der Waals surface area contributed by atoms with E-state index in [-0.39, 0.29) is 16.1 Å². The monoisotopic (exact) mass is 490 g/mol. The third-order valence-electron chi connectivity index (χ3n) is 4.78. The van der Waals surface area contributed by atoms with Gasteiger partial charge < -0.3 is 4.74 Å². The van der Waals surface area contributed by atoms with E-state index in [0.29, 0.717) is 22.1 Å². The Morgan fingerprint density at radius 3 is 2.47 bits per heavy atom. The highest BCUT2D eigenvalue weighted by molar-refractivity contribution is 7.92. The van der Waals surface area contributed by atoms with Gasteiger partial charge in [-0.05, 0) is 54.6 Å². The van der Waals surface area contributed by atoms with Crippen LogP contribution < -0.4 is 14.8 Å². The lowest BCUT2D eigenvalue weighted by molar-refractivity contribution is 0.102. The van der Waals surface area contributed by atoms with Crippen molar-refractivity contribution < 1.29 is 17.9 Å². The molecule has 4 rings (SSSR count). The van der Waals surface area contributed by atoms with Gasteiger partial charge in [-0.1, -0.05) is 18.2 Å². The number of sulfonamides is 1. The minimum absolute atomic E-state index is 0.0706. The number of hydrogen-bond acceptors (Lipinski definition) is 7. The van der Waals surface area contributed by atoms with Crippen LogP contribution in [0.1, 0.15) is 15.9 Å². The predicted octanol–water partition coefficient (Wildman–Crippen LogP) is 4.74. The second kappa shape index (κ2) is 9.74. The molecule has 0 spiro atoms. The number of methoxy groups -OCH3 is 1. The van der Waals surface area contributed by atoms with Crippen LogP contribution in [-0.2, 0) is 10.0 Å². The van der Waals surface area contributed by atoms with E-state index in [1.165, 1.54) is 36.6 Å². The summed E-state index contributed by atoms with van der Waals surface area (Å²) in [6.45, 7) is 0. The van der Waals surface area contributed by atoms with Crippen molar-refractivity contribution in [2.45, 2.75) is 4.90 Å². The van der Waals surface area contributed by atoms with Gasteiger partial charge in [0, 0.05) is 22.2 Å². The first-order chi connectivity index (χ1) is 16.4. The Hall–Kier alpha value is -4.20. The Morgan fingerprint density at radius 1 is 1.06 bits per heavy atom. The summed E-state index contributed by atoms with van der Waals surface area (Å²) < 4.78 is 32.9. The molecule has 0 saturated heterocycles. The van der Waals surface area contributed by atoms with Crippen molar-refractivity contribution in [2.24, 2.45) is 0 Å². The fourth-order valence-electron chi connectivity index (χ4n) is 3.04. The van der Waals surface area contributed by atoms with Gasteiger partial charge in [-0.15, -0.1) is 11.3 Å². The number of benzene rings is 3. The van der Waals surface area contributed by atoms with Crippen LogP contribution in [0.5, 0.6) is 5.75 Å². The number of anilines is 2. The number of nitriles is 1. The average molecular weight is 491 g/mol. The quantitative estimate of drug-likeness (QED) is 0.386. The average Bonchev–Trinajstić information content (AvgIpc) is 3.32. The first-order valence-electron chi connectivity index (χ1n) is 9.92. The van der Waals surface area contributed by atoms with Crippen LogP contribution in [-0.4, -0.2) is 26.4 Å². The van der Waals surface area contributed by atoms with E-state index in [2.05, 4.69) is 21.1 Å². The number of hydrogen-bond donors (Lipinski definition) is 2. The number of carbonyl (C=O) groups is 1. The van der Waals surface area contributed by atoms with Crippen LogP contribution in [0.25, 0.3) is 11.3 Å². The minimum atomic E-state index is -3.84. The number of amides is 1. The lowest BCUT2D eigenvalue weighted by Gasteiger charge is -2.10. The van der Waals surface area contributed by atoms with Gasteiger partial charge in [0.05, 0.1) is 29.3 Å². The van der Waals surface area contributed by atoms with Crippen molar-refractivity contribution >= 4 is 38.1 Å². The highest BCUT2D eigenvalue weighted by Gasteiger charge is 2.16. The van der Waals surface area contributed by atoms with E-state index in [9.17, 15) is 13.2 Å². The maximum atomic E-state index is 12.7. The highest BCUT2D eigenvalue weighted by Crippen LogP contribution is 2.26. The Bertz CT molecular complexity index is 1470. The molecule has 4 aromatic rings. The number of thiazole rings is 1. The largest absolute Gasteiger partial charge is 0.497 e. The molecule has 10 heteroatoms. The van der Waals surface area contributed by atoms with Gasteiger partial charge in [-0.25, -0.2) is 13.4 Å². The summed E-state index contributed by atoms with van der Waals surface area (Å²) in [7, 11) is -2.34. The van der Waals surface area contributed by atoms with Gasteiger partial charge in [0.1, 0.15) is 5.75 Å². The molecule has 1 heterocycles. The van der Waals surface area contributed by atoms with E-state index in [1.54, 1.807) is 60.0 Å². The van der Waals surface area contributed by atoms with Gasteiger partial charge in [-0.2, -0.15) is 5.26 Å². The Balaban J connectivity index is 1.46. The second-order valence-corrected chi connectivity index (χ2v) is 9.58. The fourth-order valence-corrected chi connectivity index (χ4v) is 4.81. The molecule has 1 aromatic heterocycles. The van der Waals surface area contributed by atoms with Gasteiger partial charge in [0.15, 0.2) is 5.13 Å². The first-order valence-corrected chi connectivity index (χ1v) is 12.3. The number of aromatic nitrogens is 1. The Morgan fingerprint density at radius 2 is 1.79 bits per heavy atom. The third-order valence-corrected chi connectivity index (χ3v) is 6.94. The smallest absolute Gasteiger partial charge is 0.261 e. The lowest BCUT2D eigenvalue weighted by Crippen LogP contribution is -2.15. The maximum absolute atomic E-state index is 12.7. The molecule has 34 heavy (non-hydrogen) atoms. The molecule has 0 saturated carbocycles. The zero-order valence-corrected chi connectivity index (χ0v) is 19.5. The van der Waals surface area contributed by atoms with Crippen LogP contribution >= 0.6 is 11.3 Å². The number of nitrogens with one attached hydrogen (secondary N) is 2. The maximum Gasteiger partial charge on any atom is 0.261 e. The molecular weight excluding hydrogens is 472 g/mol. The molecule has 0 bridgehead atoms. The number of nitrogens with zero attached hydrogens (tertiary/aromatic N) is 2. The van der Waals surface area contributed by atoms with Crippen molar-refractivity contribution in [3.8, 4) is 23.1 Å². The SMILES string of the molecule is COc1ccc(S(=O)(=O)Nc2cccc(C(=O)Nc3nc(-c4ccc(C#N)cc4)cs3)c2)cc1. The first kappa shape index (κ1) is 23.0. The summed E-state index contributed by atoms with van der Waals surface area (Å²) in [4.78, 5) is 17.2. The van der Waals surface area contributed by atoms with E-state index in [1.807, 2.05) is 0 Å². The summed E-state index contributed by atoms with van der Waals surface area (Å²) in [5.41, 5.74) is 2.57. The molecule has 0 radical (unpaired) electrons. The summed E-state index contributed by atoms with van der Waals surface area (Å²) >= 11 is 1.26. The topological polar surface area (TPSA) is 121 Å². The van der Waals surface area contributed by atoms with Crippen molar-refractivity contribution in [2.75, 3.05) is 17.1 Å². The molecule has 0 unspecified atom stereocenters. The summed E-state index contributed by atoms with van der Waals surface area (Å²) in [6, 6.07) is 21.2. The molecule has 0 aliphatic heterocycles. The normalized spacial score (nSPS) is 10.8. The molecule has 3 aromatic carbocycles. The van der Waals surface area contributed by atoms with Crippen molar-refractivity contribution in [1.82, 2.24) is 4.98 Å². The van der Waals surface area contributed by atoms with E-state index in [0.717, 1.165) is 5.56 Å². The molecule has 1 amide bonds. The Kier molecular flexibility index (Phi) is 6.58. The Labute approximate surface area is 200 Å². The summed E-state index contributed by atoms with van der Waals surface area (Å²) in [5, 5.41) is 13.8. The van der Waals surface area contributed by atoms with Crippen LogP contribution in [0, 0.1) is 11.3 Å². The highest BCUT2D eigenvalue weighted by atomic mass is 32.2. The van der Waals surface area contributed by atoms with Crippen molar-refractivity contribution in [1.29, 1.82) is 5.26 Å². The van der Waals surface area contributed by atoms with E-state index >= 15 is 0 Å². The van der Waals surface area contributed by atoms with Crippen molar-refractivity contribution in [3.63, 3.8) is 0 Å². The zero-order valence-electron chi connectivity index (χ0n) is 17.8. The minimum Gasteiger partial charge on any atom is -0.497 e. The van der Waals surface area contributed by atoms with Crippen LogP contribution in [0.4, 0.5) is 10.8 Å². The molecule has 0 aliphatic carbocycles. The van der Waals surface area contributed by atoms with Gasteiger partial charge in [-0.3, -0.25) is 14.8 Å². The zero-order chi connectivity index (χ0) is 24.1. The van der Waals surface area contributed by atoms with Gasteiger partial charge in [0.2, 0.25) is 0 Å². The number of rotatable bonds is 7. The molecule has 0 atom stereocenters. The molecular formula is C24H18N4O4S2. The molecule has 0 fully saturated rings. The lowest BCUT2D eigenvalue weighted by atomic mass is 10.1. The van der Waals surface area contributed by atoms with Crippen LogP contribution in [0.15, 0.2) is 83.1 Å². The predicted molar refractivity (Wildman–Crippen MR) is 130 cm³/mol. The summed E-state index contributed by atoms with van der Waals surface area (Å²) in [5.74, 6) is 0.119. The van der Waals surface area contributed by atoms with Crippen LogP contribution in [0.3, 0.4) is 0 Å². The second-order valence-electron chi connectivity index (χ2n) is 7.04. The standard InChI is InChI=1S/C24H18N4O4S2/c1-32-20-9-11-21(12-10-20)34(30,31)28-19-4-2-3-18(13-19)23(29)27-24-26-22(15-33-24)17-7-5-16(14-25)6-8-17/h2-13,15,28H,1H3,(H,26,27,29). The molecule has 2 N–H and O–H groups in total. The van der Waals surface area contributed by atoms with Gasteiger partial charge in [0.25, 0.3) is 15.9 Å². The van der Waals surface area contributed by atoms with Crippen LogP contribution in [0.2, 0.25) is 0 Å². The molecule has 8 nitrogen and oxygen atoms in total. The summed E-state index contributed by atoms with van der Waals surface area (Å²) in [6.07, 6.45) is 0. The van der Waals surface area contributed by atoms with Gasteiger partial charge >= 0.3 is 0 Å². The van der Waals surface area contributed by atoms with Crippen molar-refractivity contribution in [3.05, 3.63) is 89.3 Å². The molecule has 170 valence electrons. The number of ether oxygens (including phenoxy) is 1. The number of carbonyl (C=O) groups excluding carboxylic acids is 1. The molecule has 0 aliphatic rings.